The van der Waals surface area contributed by atoms with Crippen LogP contribution in [0.5, 0.6) is 0 Å². The van der Waals surface area contributed by atoms with Crippen molar-refractivity contribution in [3.8, 4) is 0 Å². The quantitative estimate of drug-likeness (QED) is 0.510. The molecule has 2 aromatic rings. The third-order valence-electron chi connectivity index (χ3n) is 2.71. The molecule has 100 valence electrons. The molecule has 2 aromatic carbocycles. The maximum Gasteiger partial charge on any atom is 0.0726 e. The van der Waals surface area contributed by atoms with Gasteiger partial charge in [-0.25, -0.2) is 0 Å². The summed E-state index contributed by atoms with van der Waals surface area (Å²) >= 11 is 14.4. The zero-order chi connectivity index (χ0) is 13.8. The Labute approximate surface area is 136 Å². The van der Waals surface area contributed by atoms with Gasteiger partial charge in [0.1, 0.15) is 0 Å². The van der Waals surface area contributed by atoms with Crippen LogP contribution < -0.4 is 10.9 Å². The lowest BCUT2D eigenvalue weighted by molar-refractivity contribution is 1.13. The van der Waals surface area contributed by atoms with Crippen LogP contribution in [0.15, 0.2) is 36.4 Å². The summed E-state index contributed by atoms with van der Waals surface area (Å²) in [6.45, 7) is 2.09. The Bertz CT molecular complexity index is 588. The summed E-state index contributed by atoms with van der Waals surface area (Å²) in [4.78, 5) is 0. The molecule has 0 saturated carbocycles. The van der Waals surface area contributed by atoms with E-state index < -0.39 is 0 Å². The second-order valence-electron chi connectivity index (χ2n) is 4.03. The van der Waals surface area contributed by atoms with E-state index in [1.807, 2.05) is 36.4 Å². The normalized spacial score (nSPS) is 10.3. The average Bonchev–Trinajstić information content (AvgIpc) is 2.39. The summed E-state index contributed by atoms with van der Waals surface area (Å²) in [5.41, 5.74) is 9.30. The van der Waals surface area contributed by atoms with Crippen molar-refractivity contribution in [3.05, 3.63) is 55.6 Å². The van der Waals surface area contributed by atoms with Gasteiger partial charge in [0, 0.05) is 8.59 Å². The highest BCUT2D eigenvalue weighted by Crippen LogP contribution is 2.25. The van der Waals surface area contributed by atoms with Crippen LogP contribution >= 0.6 is 45.8 Å². The molecule has 0 spiro atoms. The third kappa shape index (κ3) is 3.91. The molecule has 0 heterocycles. The fourth-order valence-corrected chi connectivity index (χ4v) is 2.80. The van der Waals surface area contributed by atoms with Crippen molar-refractivity contribution in [1.29, 1.82) is 0 Å². The number of anilines is 2. The Kier molecular flexibility index (Phi) is 5.19. The molecule has 0 fully saturated rings. The minimum absolute atomic E-state index is 0.686. The van der Waals surface area contributed by atoms with Gasteiger partial charge < -0.3 is 5.43 Å². The Morgan fingerprint density at radius 1 is 1.00 bits per heavy atom. The maximum absolute atomic E-state index is 6.17. The van der Waals surface area contributed by atoms with Crippen molar-refractivity contribution in [2.45, 2.75) is 13.3 Å². The molecular weight excluding hydrogens is 394 g/mol. The van der Waals surface area contributed by atoms with Gasteiger partial charge in [0.25, 0.3) is 0 Å². The smallest absolute Gasteiger partial charge is 0.0726 e. The van der Waals surface area contributed by atoms with Crippen LogP contribution in [0.1, 0.15) is 12.5 Å². The number of rotatable bonds is 4. The van der Waals surface area contributed by atoms with Crippen LogP contribution in [0.4, 0.5) is 11.4 Å². The van der Waals surface area contributed by atoms with Gasteiger partial charge in [-0.2, -0.15) is 0 Å². The minimum Gasteiger partial charge on any atom is -0.301 e. The largest absolute Gasteiger partial charge is 0.301 e. The predicted molar refractivity (Wildman–Crippen MR) is 92.2 cm³/mol. The lowest BCUT2D eigenvalue weighted by atomic mass is 10.1. The molecule has 5 heteroatoms. The Morgan fingerprint density at radius 3 is 2.37 bits per heavy atom. The summed E-state index contributed by atoms with van der Waals surface area (Å²) in [6, 6.07) is 11.6. The fourth-order valence-electron chi connectivity index (χ4n) is 1.70. The van der Waals surface area contributed by atoms with Gasteiger partial charge >= 0.3 is 0 Å². The molecule has 2 rings (SSSR count). The molecule has 0 bridgehead atoms. The van der Waals surface area contributed by atoms with E-state index in [4.69, 9.17) is 23.2 Å². The van der Waals surface area contributed by atoms with E-state index in [0.717, 1.165) is 32.0 Å². The van der Waals surface area contributed by atoms with Gasteiger partial charge in [0.05, 0.1) is 16.4 Å². The molecule has 0 aliphatic carbocycles. The molecule has 0 aliphatic rings. The highest BCUT2D eigenvalue weighted by atomic mass is 127. The van der Waals surface area contributed by atoms with Gasteiger partial charge in [-0.05, 0) is 71.0 Å². The number of hydrazine groups is 1. The summed E-state index contributed by atoms with van der Waals surface area (Å²) in [7, 11) is 0. The molecular formula is C14H13Cl2IN2. The SMILES string of the molecule is CCc1cc(Cl)ccc1NNc1ccc(I)cc1Cl. The lowest BCUT2D eigenvalue weighted by Gasteiger charge is -2.14. The summed E-state index contributed by atoms with van der Waals surface area (Å²) in [5, 5.41) is 1.43. The highest BCUT2D eigenvalue weighted by molar-refractivity contribution is 14.1. The van der Waals surface area contributed by atoms with Crippen molar-refractivity contribution in [1.82, 2.24) is 0 Å². The topological polar surface area (TPSA) is 24.1 Å². The van der Waals surface area contributed by atoms with Crippen molar-refractivity contribution in [2.24, 2.45) is 0 Å². The second-order valence-corrected chi connectivity index (χ2v) is 6.12. The van der Waals surface area contributed by atoms with Crippen LogP contribution in [0.25, 0.3) is 0 Å². The van der Waals surface area contributed by atoms with Crippen LogP contribution in [-0.4, -0.2) is 0 Å². The molecule has 19 heavy (non-hydrogen) atoms. The molecule has 0 aliphatic heterocycles. The van der Waals surface area contributed by atoms with Crippen molar-refractivity contribution >= 4 is 57.2 Å². The zero-order valence-electron chi connectivity index (χ0n) is 10.3. The monoisotopic (exact) mass is 406 g/mol. The third-order valence-corrected chi connectivity index (χ3v) is 3.93. The summed E-state index contributed by atoms with van der Waals surface area (Å²) in [6.07, 6.45) is 0.908. The van der Waals surface area contributed by atoms with E-state index in [1.54, 1.807) is 0 Å². The molecule has 0 unspecified atom stereocenters. The number of hydrogen-bond donors (Lipinski definition) is 2. The van der Waals surface area contributed by atoms with E-state index in [2.05, 4.69) is 40.4 Å². The molecule has 0 atom stereocenters. The molecule has 2 N–H and O–H groups in total. The Balaban J connectivity index is 2.14. The van der Waals surface area contributed by atoms with Gasteiger partial charge in [-0.1, -0.05) is 30.1 Å². The average molecular weight is 407 g/mol. The van der Waals surface area contributed by atoms with Crippen LogP contribution in [0.2, 0.25) is 10.0 Å². The van der Waals surface area contributed by atoms with Gasteiger partial charge in [0.2, 0.25) is 0 Å². The van der Waals surface area contributed by atoms with E-state index in [0.29, 0.717) is 5.02 Å². The van der Waals surface area contributed by atoms with Gasteiger partial charge in [-0.15, -0.1) is 0 Å². The fraction of sp³-hybridized carbons (Fsp3) is 0.143. The first-order valence-electron chi connectivity index (χ1n) is 5.85. The van der Waals surface area contributed by atoms with Crippen LogP contribution in [-0.2, 0) is 6.42 Å². The predicted octanol–water partition coefficient (Wildman–Crippen LogP) is 5.60. The van der Waals surface area contributed by atoms with E-state index in [9.17, 15) is 0 Å². The first-order valence-corrected chi connectivity index (χ1v) is 7.69. The highest BCUT2D eigenvalue weighted by Gasteiger charge is 2.03. The van der Waals surface area contributed by atoms with Crippen molar-refractivity contribution < 1.29 is 0 Å². The molecule has 0 saturated heterocycles. The Hall–Kier alpha value is -0.650. The second kappa shape index (κ2) is 6.68. The number of halogens is 3. The molecule has 0 aromatic heterocycles. The molecule has 0 amide bonds. The number of hydrogen-bond acceptors (Lipinski definition) is 2. The molecule has 0 radical (unpaired) electrons. The number of benzene rings is 2. The lowest BCUT2D eigenvalue weighted by Crippen LogP contribution is -2.10. The zero-order valence-corrected chi connectivity index (χ0v) is 14.0. The van der Waals surface area contributed by atoms with E-state index in [-0.39, 0.29) is 0 Å². The molecule has 2 nitrogen and oxygen atoms in total. The number of nitrogens with one attached hydrogen (secondary N) is 2. The van der Waals surface area contributed by atoms with E-state index in [1.165, 1.54) is 0 Å². The van der Waals surface area contributed by atoms with Crippen molar-refractivity contribution in [3.63, 3.8) is 0 Å². The minimum atomic E-state index is 0.686. The number of aryl methyl sites for hydroxylation is 1. The Morgan fingerprint density at radius 2 is 1.68 bits per heavy atom. The maximum atomic E-state index is 6.17. The first-order chi connectivity index (χ1) is 9.10. The summed E-state index contributed by atoms with van der Waals surface area (Å²) < 4.78 is 1.11. The standard InChI is InChI=1S/C14H13Cl2IN2/c1-2-9-7-10(15)3-5-13(9)18-19-14-6-4-11(17)8-12(14)16/h3-8,18-19H,2H2,1H3. The van der Waals surface area contributed by atoms with E-state index >= 15 is 0 Å². The summed E-state index contributed by atoms with van der Waals surface area (Å²) in [5.74, 6) is 0. The van der Waals surface area contributed by atoms with Crippen LogP contribution in [0, 0.1) is 3.57 Å². The first kappa shape index (κ1) is 14.8. The van der Waals surface area contributed by atoms with Crippen LogP contribution in [0.3, 0.4) is 0 Å². The van der Waals surface area contributed by atoms with Gasteiger partial charge in [0.15, 0.2) is 0 Å². The van der Waals surface area contributed by atoms with Crippen molar-refractivity contribution in [2.75, 3.05) is 10.9 Å². The van der Waals surface area contributed by atoms with Gasteiger partial charge in [-0.3, -0.25) is 5.43 Å².